The number of unbranched alkanes of at least 4 members (excludes halogenated alkanes) is 2. The van der Waals surface area contributed by atoms with Gasteiger partial charge in [0.1, 0.15) is 11.1 Å². The lowest BCUT2D eigenvalue weighted by Gasteiger charge is -2.39. The highest BCUT2D eigenvalue weighted by Gasteiger charge is 2.62. The lowest BCUT2D eigenvalue weighted by atomic mass is 9.74. The van der Waals surface area contributed by atoms with E-state index in [0.717, 1.165) is 25.2 Å². The normalized spacial score (nSPS) is 31.1. The highest BCUT2D eigenvalue weighted by atomic mass is 16.3. The molecule has 3 unspecified atom stereocenters. The zero-order valence-electron chi connectivity index (χ0n) is 16.4. The molecule has 5 N–H and O–H groups in total. The molecule has 2 rings (SSSR count). The molecule has 0 aromatic rings. The number of hydrogen-bond donors (Lipinski definition) is 5. The average Bonchev–Trinajstić information content (AvgIpc) is 2.81. The highest BCUT2D eigenvalue weighted by Crippen LogP contribution is 2.39. The van der Waals surface area contributed by atoms with Gasteiger partial charge in [-0.25, -0.2) is 0 Å². The molecule has 1 aliphatic heterocycles. The molecule has 152 valence electrons. The second-order valence-electron chi connectivity index (χ2n) is 7.91. The Labute approximate surface area is 157 Å². The first kappa shape index (κ1) is 23.1. The molecule has 0 spiro atoms. The van der Waals surface area contributed by atoms with Crippen LogP contribution in [0, 0.1) is 11.8 Å². The van der Waals surface area contributed by atoms with Crippen LogP contribution in [-0.4, -0.2) is 56.8 Å². The van der Waals surface area contributed by atoms with Crippen molar-refractivity contribution in [2.24, 2.45) is 11.8 Å². The third kappa shape index (κ3) is 5.28. The largest absolute Gasteiger partial charge is 0.394 e. The summed E-state index contributed by atoms with van der Waals surface area (Å²) in [6.07, 6.45) is 10.8. The zero-order chi connectivity index (χ0) is 19.8. The van der Waals surface area contributed by atoms with Gasteiger partial charge < -0.3 is 25.7 Å². The summed E-state index contributed by atoms with van der Waals surface area (Å²) in [5.41, 5.74) is -3.19. The van der Waals surface area contributed by atoms with Gasteiger partial charge in [-0.2, -0.15) is 0 Å². The van der Waals surface area contributed by atoms with Crippen LogP contribution >= 0.6 is 0 Å². The minimum Gasteiger partial charge on any atom is -0.394 e. The first-order valence-corrected chi connectivity index (χ1v) is 9.86. The molecule has 1 aliphatic carbocycles. The Kier molecular flexibility index (Phi) is 9.24. The van der Waals surface area contributed by atoms with Crippen molar-refractivity contribution >= 4 is 5.91 Å². The summed E-state index contributed by atoms with van der Waals surface area (Å²) < 4.78 is 0. The van der Waals surface area contributed by atoms with E-state index in [9.17, 15) is 25.2 Å². The molecule has 0 radical (unpaired) electrons. The van der Waals surface area contributed by atoms with E-state index < -0.39 is 42.3 Å². The first-order chi connectivity index (χ1) is 12.3. The maximum absolute atomic E-state index is 11.9. The van der Waals surface area contributed by atoms with Crippen LogP contribution in [0.15, 0.2) is 12.2 Å². The molecule has 0 saturated carbocycles. The number of hydrogen-bond acceptors (Lipinski definition) is 5. The predicted octanol–water partition coefficient (Wildman–Crippen LogP) is 1.51. The van der Waals surface area contributed by atoms with Gasteiger partial charge in [0.2, 0.25) is 5.91 Å². The zero-order valence-corrected chi connectivity index (χ0v) is 16.4. The smallest absolute Gasteiger partial charge is 0.229 e. The van der Waals surface area contributed by atoms with Crippen molar-refractivity contribution < 1.29 is 25.2 Å². The monoisotopic (exact) mass is 371 g/mol. The molecule has 2 aliphatic rings. The first-order valence-electron chi connectivity index (χ1n) is 9.86. The number of amides is 1. The van der Waals surface area contributed by atoms with Gasteiger partial charge in [-0.15, -0.1) is 0 Å². The third-order valence-electron chi connectivity index (χ3n) is 5.74. The van der Waals surface area contributed by atoms with Crippen molar-refractivity contribution in [3.63, 3.8) is 0 Å². The average molecular weight is 372 g/mol. The van der Waals surface area contributed by atoms with E-state index in [-0.39, 0.29) is 0 Å². The predicted molar refractivity (Wildman–Crippen MR) is 101 cm³/mol. The van der Waals surface area contributed by atoms with Gasteiger partial charge in [0.15, 0.2) is 0 Å². The second kappa shape index (κ2) is 10.4. The van der Waals surface area contributed by atoms with Crippen molar-refractivity contribution in [2.75, 3.05) is 13.2 Å². The van der Waals surface area contributed by atoms with E-state index >= 15 is 0 Å². The van der Waals surface area contributed by atoms with Gasteiger partial charge in [0, 0.05) is 0 Å². The van der Waals surface area contributed by atoms with Crippen molar-refractivity contribution in [3.8, 4) is 0 Å². The lowest BCUT2D eigenvalue weighted by molar-refractivity contribution is -0.134. The van der Waals surface area contributed by atoms with Gasteiger partial charge >= 0.3 is 0 Å². The van der Waals surface area contributed by atoms with Crippen molar-refractivity contribution in [1.82, 2.24) is 5.32 Å². The number of allylic oxidation sites excluding steroid dienone is 2. The van der Waals surface area contributed by atoms with Gasteiger partial charge in [-0.05, 0) is 38.5 Å². The number of nitrogens with one attached hydrogen (secondary N) is 1. The fourth-order valence-electron chi connectivity index (χ4n) is 3.74. The quantitative estimate of drug-likeness (QED) is 0.344. The van der Waals surface area contributed by atoms with E-state index in [1.807, 2.05) is 6.92 Å². The Morgan fingerprint density at radius 2 is 1.96 bits per heavy atom. The molecule has 4 atom stereocenters. The molecule has 0 aromatic carbocycles. The Morgan fingerprint density at radius 1 is 1.31 bits per heavy atom. The number of aliphatic hydroxyl groups excluding tert-OH is 3. The Balaban J connectivity index is 0.000000401. The summed E-state index contributed by atoms with van der Waals surface area (Å²) in [4.78, 5) is 11.9. The third-order valence-corrected chi connectivity index (χ3v) is 5.74. The van der Waals surface area contributed by atoms with Crippen molar-refractivity contribution in [2.45, 2.75) is 83.0 Å². The molecule has 0 bridgehead atoms. The molecule has 1 saturated heterocycles. The Bertz CT molecular complexity index is 459. The Morgan fingerprint density at radius 3 is 2.35 bits per heavy atom. The summed E-state index contributed by atoms with van der Waals surface area (Å²) in [7, 11) is 0. The molecule has 26 heavy (non-hydrogen) atoms. The summed E-state index contributed by atoms with van der Waals surface area (Å²) in [5.74, 6) is -0.713. The molecule has 1 fully saturated rings. The van der Waals surface area contributed by atoms with Crippen LogP contribution < -0.4 is 5.32 Å². The van der Waals surface area contributed by atoms with Crippen molar-refractivity contribution in [3.05, 3.63) is 12.2 Å². The van der Waals surface area contributed by atoms with E-state index in [0.29, 0.717) is 6.42 Å². The molecule has 0 aromatic heterocycles. The van der Waals surface area contributed by atoms with E-state index in [1.54, 1.807) is 0 Å². The number of carbonyl (C=O) groups excluding carboxylic acids is 1. The van der Waals surface area contributed by atoms with Gasteiger partial charge in [0.05, 0.1) is 25.2 Å². The van der Waals surface area contributed by atoms with Crippen LogP contribution in [0.2, 0.25) is 0 Å². The SMILES string of the molecule is CC1C=CCCC1.CCCCCC(O)C1C(=O)NC(CO)(CO)[C@@]1(C)O. The summed E-state index contributed by atoms with van der Waals surface area (Å²) in [6.45, 7) is 4.51. The molecule has 1 heterocycles. The lowest BCUT2D eigenvalue weighted by Crippen LogP contribution is -2.62. The molecule has 6 nitrogen and oxygen atoms in total. The standard InChI is InChI=1S/C13H25NO5.C7H12/c1-3-4-5-6-9(17)10-11(18)14-13(7-15,8-16)12(10,2)19;1-7-5-3-2-4-6-7/h9-10,15-17,19H,3-8H2,1-2H3,(H,14,18);3,5,7H,2,4,6H2,1H3/t9?,10?,12-;/m0./s1. The van der Waals surface area contributed by atoms with Crippen LogP contribution in [0.1, 0.15) is 65.7 Å². The molecule has 1 amide bonds. The van der Waals surface area contributed by atoms with Crippen LogP contribution in [0.3, 0.4) is 0 Å². The topological polar surface area (TPSA) is 110 Å². The van der Waals surface area contributed by atoms with Gasteiger partial charge in [0.25, 0.3) is 0 Å². The maximum atomic E-state index is 11.9. The van der Waals surface area contributed by atoms with Crippen LogP contribution in [0.25, 0.3) is 0 Å². The maximum Gasteiger partial charge on any atom is 0.229 e. The van der Waals surface area contributed by atoms with E-state index in [2.05, 4.69) is 24.4 Å². The van der Waals surface area contributed by atoms with E-state index in [1.165, 1.54) is 26.2 Å². The summed E-state index contributed by atoms with van der Waals surface area (Å²) in [6, 6.07) is 0. The molecule has 6 heteroatoms. The number of rotatable bonds is 7. The fraction of sp³-hybridized carbons (Fsp3) is 0.850. The minimum absolute atomic E-state index is 0.412. The number of aliphatic hydroxyl groups is 4. The fourth-order valence-corrected chi connectivity index (χ4v) is 3.74. The number of carbonyl (C=O) groups is 1. The van der Waals surface area contributed by atoms with Crippen molar-refractivity contribution in [1.29, 1.82) is 0 Å². The Hall–Kier alpha value is -0.950. The van der Waals surface area contributed by atoms with E-state index in [4.69, 9.17) is 0 Å². The van der Waals surface area contributed by atoms with Crippen LogP contribution in [-0.2, 0) is 4.79 Å². The second-order valence-corrected chi connectivity index (χ2v) is 7.91. The van der Waals surface area contributed by atoms with Gasteiger partial charge in [-0.1, -0.05) is 45.3 Å². The highest BCUT2D eigenvalue weighted by molar-refractivity contribution is 5.85. The molecular formula is C20H37NO5. The molecular weight excluding hydrogens is 334 g/mol. The summed E-state index contributed by atoms with van der Waals surface area (Å²) >= 11 is 0. The van der Waals surface area contributed by atoms with Crippen LogP contribution in [0.5, 0.6) is 0 Å². The minimum atomic E-state index is -1.70. The van der Waals surface area contributed by atoms with Crippen LogP contribution in [0.4, 0.5) is 0 Å². The summed E-state index contributed by atoms with van der Waals surface area (Å²) in [5, 5.41) is 41.8. The van der Waals surface area contributed by atoms with Gasteiger partial charge in [-0.3, -0.25) is 4.79 Å².